The van der Waals surface area contributed by atoms with Gasteiger partial charge in [-0.05, 0) is 42.5 Å². The number of amides is 1. The Labute approximate surface area is 164 Å². The van der Waals surface area contributed by atoms with Crippen molar-refractivity contribution >= 4 is 46.7 Å². The van der Waals surface area contributed by atoms with Gasteiger partial charge >= 0.3 is 0 Å². The Morgan fingerprint density at radius 1 is 1.27 bits per heavy atom. The number of thioether (sulfide) groups is 1. The Bertz CT molecular complexity index is 931. The molecule has 3 rings (SSSR count). The molecule has 0 unspecified atom stereocenters. The van der Waals surface area contributed by atoms with Crippen LogP contribution in [0.3, 0.4) is 0 Å². The summed E-state index contributed by atoms with van der Waals surface area (Å²) in [6, 6.07) is 9.28. The highest BCUT2D eigenvalue weighted by atomic mass is 35.5. The maximum absolute atomic E-state index is 12.4. The van der Waals surface area contributed by atoms with Gasteiger partial charge in [-0.15, -0.1) is 5.10 Å². The standard InChI is InChI=1S/C16H14Cl2N6OS/c1-9-3-5-12(6-4-9)24-16(21-22-23-24)26-10(2)15(25)20-14-13(18)7-11(17)8-19-14/h3-8,10H,1-2H3,(H,19,20,25)/t10-/m0/s1. The van der Waals surface area contributed by atoms with Crippen LogP contribution in [0.25, 0.3) is 5.69 Å². The first-order chi connectivity index (χ1) is 12.4. The summed E-state index contributed by atoms with van der Waals surface area (Å²) in [5.41, 5.74) is 1.95. The summed E-state index contributed by atoms with van der Waals surface area (Å²) in [7, 11) is 0. The van der Waals surface area contributed by atoms with Gasteiger partial charge in [0.1, 0.15) is 0 Å². The van der Waals surface area contributed by atoms with Crippen molar-refractivity contribution in [2.24, 2.45) is 0 Å². The van der Waals surface area contributed by atoms with Crippen molar-refractivity contribution in [1.82, 2.24) is 25.2 Å². The highest BCUT2D eigenvalue weighted by Crippen LogP contribution is 2.26. The number of hydrogen-bond acceptors (Lipinski definition) is 6. The fraction of sp³-hybridized carbons (Fsp3) is 0.188. The van der Waals surface area contributed by atoms with Crippen molar-refractivity contribution in [3.8, 4) is 5.69 Å². The van der Waals surface area contributed by atoms with E-state index in [-0.39, 0.29) is 16.7 Å². The predicted octanol–water partition coefficient (Wildman–Crippen LogP) is 3.79. The minimum Gasteiger partial charge on any atom is -0.308 e. The third-order valence-electron chi connectivity index (χ3n) is 3.42. The van der Waals surface area contributed by atoms with Crippen molar-refractivity contribution in [1.29, 1.82) is 0 Å². The molecule has 1 amide bonds. The van der Waals surface area contributed by atoms with E-state index >= 15 is 0 Å². The summed E-state index contributed by atoms with van der Waals surface area (Å²) in [4.78, 5) is 16.4. The van der Waals surface area contributed by atoms with E-state index in [2.05, 4.69) is 25.8 Å². The van der Waals surface area contributed by atoms with Gasteiger partial charge in [0.05, 0.1) is 21.0 Å². The zero-order valence-electron chi connectivity index (χ0n) is 13.8. The fourth-order valence-corrected chi connectivity index (χ4v) is 3.27. The van der Waals surface area contributed by atoms with E-state index in [1.165, 1.54) is 24.0 Å². The second kappa shape index (κ2) is 8.03. The number of anilines is 1. The van der Waals surface area contributed by atoms with Gasteiger partial charge < -0.3 is 5.32 Å². The molecule has 0 aliphatic rings. The summed E-state index contributed by atoms with van der Waals surface area (Å²) in [6.07, 6.45) is 1.42. The Kier molecular flexibility index (Phi) is 5.75. The number of aryl methyl sites for hydroxylation is 1. The van der Waals surface area contributed by atoms with Crippen LogP contribution in [0.1, 0.15) is 12.5 Å². The molecule has 1 N–H and O–H groups in total. The van der Waals surface area contributed by atoms with Crippen LogP contribution in [0.4, 0.5) is 5.82 Å². The zero-order chi connectivity index (χ0) is 18.7. The van der Waals surface area contributed by atoms with Gasteiger partial charge in [0.15, 0.2) is 5.82 Å². The van der Waals surface area contributed by atoms with E-state index in [9.17, 15) is 4.79 Å². The molecule has 1 atom stereocenters. The summed E-state index contributed by atoms with van der Waals surface area (Å²) in [5, 5.41) is 15.1. The minimum atomic E-state index is -0.473. The predicted molar refractivity (Wildman–Crippen MR) is 102 cm³/mol. The summed E-state index contributed by atoms with van der Waals surface area (Å²) >= 11 is 13.1. The lowest BCUT2D eigenvalue weighted by molar-refractivity contribution is -0.115. The molecule has 0 radical (unpaired) electrons. The highest BCUT2D eigenvalue weighted by Gasteiger charge is 2.20. The van der Waals surface area contributed by atoms with Crippen LogP contribution in [-0.4, -0.2) is 36.3 Å². The minimum absolute atomic E-state index is 0.256. The van der Waals surface area contributed by atoms with Crippen LogP contribution < -0.4 is 5.32 Å². The second-order valence-corrected chi connectivity index (χ2v) is 7.59. The van der Waals surface area contributed by atoms with Gasteiger partial charge in [-0.1, -0.05) is 52.7 Å². The van der Waals surface area contributed by atoms with Gasteiger partial charge in [0, 0.05) is 6.20 Å². The lowest BCUT2D eigenvalue weighted by atomic mass is 10.2. The van der Waals surface area contributed by atoms with Gasteiger partial charge in [-0.2, -0.15) is 4.68 Å². The van der Waals surface area contributed by atoms with Crippen LogP contribution in [0.2, 0.25) is 10.0 Å². The summed E-state index contributed by atoms with van der Waals surface area (Å²) in [6.45, 7) is 3.75. The molecule has 7 nitrogen and oxygen atoms in total. The number of hydrogen-bond donors (Lipinski definition) is 1. The zero-order valence-corrected chi connectivity index (χ0v) is 16.2. The Morgan fingerprint density at radius 2 is 2.00 bits per heavy atom. The van der Waals surface area contributed by atoms with Gasteiger partial charge in [-0.3, -0.25) is 4.79 Å². The van der Waals surface area contributed by atoms with Crippen molar-refractivity contribution in [2.75, 3.05) is 5.32 Å². The van der Waals surface area contributed by atoms with Crippen LogP contribution in [0, 0.1) is 6.92 Å². The maximum Gasteiger partial charge on any atom is 0.238 e. The Balaban J connectivity index is 1.72. The molecule has 0 aliphatic heterocycles. The monoisotopic (exact) mass is 408 g/mol. The van der Waals surface area contributed by atoms with Crippen molar-refractivity contribution in [2.45, 2.75) is 24.3 Å². The van der Waals surface area contributed by atoms with Crippen molar-refractivity contribution in [3.63, 3.8) is 0 Å². The number of nitrogens with zero attached hydrogens (tertiary/aromatic N) is 5. The van der Waals surface area contributed by atoms with E-state index in [1.807, 2.05) is 31.2 Å². The third-order valence-corrected chi connectivity index (χ3v) is 4.95. The van der Waals surface area contributed by atoms with Crippen molar-refractivity contribution < 1.29 is 4.79 Å². The van der Waals surface area contributed by atoms with E-state index in [4.69, 9.17) is 23.2 Å². The summed E-state index contributed by atoms with van der Waals surface area (Å²) < 4.78 is 1.58. The molecule has 2 heterocycles. The number of tetrazole rings is 1. The quantitative estimate of drug-likeness (QED) is 0.646. The van der Waals surface area contributed by atoms with Crippen LogP contribution in [-0.2, 0) is 4.79 Å². The molecule has 3 aromatic rings. The number of aromatic nitrogens is 5. The van der Waals surface area contributed by atoms with E-state index in [0.717, 1.165) is 11.3 Å². The molecule has 0 saturated heterocycles. The molecule has 10 heteroatoms. The lowest BCUT2D eigenvalue weighted by Gasteiger charge is -2.12. The Morgan fingerprint density at radius 3 is 2.69 bits per heavy atom. The molecule has 26 heavy (non-hydrogen) atoms. The first-order valence-electron chi connectivity index (χ1n) is 7.58. The summed E-state index contributed by atoms with van der Waals surface area (Å²) in [5.74, 6) is -0.0168. The van der Waals surface area contributed by atoms with Crippen LogP contribution in [0.5, 0.6) is 0 Å². The first kappa shape index (κ1) is 18.6. The molecular formula is C16H14Cl2N6OS. The third kappa shape index (κ3) is 4.32. The largest absolute Gasteiger partial charge is 0.308 e. The molecule has 0 fully saturated rings. The number of carbonyl (C=O) groups excluding carboxylic acids is 1. The van der Waals surface area contributed by atoms with E-state index in [0.29, 0.717) is 10.2 Å². The second-order valence-electron chi connectivity index (χ2n) is 5.44. The van der Waals surface area contributed by atoms with E-state index < -0.39 is 5.25 Å². The van der Waals surface area contributed by atoms with Crippen molar-refractivity contribution in [3.05, 3.63) is 52.1 Å². The highest BCUT2D eigenvalue weighted by molar-refractivity contribution is 8.00. The first-order valence-corrected chi connectivity index (χ1v) is 9.21. The lowest BCUT2D eigenvalue weighted by Crippen LogP contribution is -2.23. The van der Waals surface area contributed by atoms with E-state index in [1.54, 1.807) is 11.6 Å². The number of benzene rings is 1. The average molecular weight is 409 g/mol. The van der Waals surface area contributed by atoms with Crippen LogP contribution in [0.15, 0.2) is 41.7 Å². The molecule has 0 saturated carbocycles. The SMILES string of the molecule is Cc1ccc(-n2nnnc2S[C@@H](C)C(=O)Nc2ncc(Cl)cc2Cl)cc1. The molecule has 0 bridgehead atoms. The number of rotatable bonds is 5. The normalized spacial score (nSPS) is 12.0. The number of halogens is 2. The van der Waals surface area contributed by atoms with Crippen LogP contribution >= 0.6 is 35.0 Å². The van der Waals surface area contributed by atoms with Gasteiger partial charge in [0.2, 0.25) is 11.1 Å². The number of carbonyl (C=O) groups is 1. The molecule has 0 aliphatic carbocycles. The number of nitrogens with one attached hydrogen (secondary N) is 1. The Hall–Kier alpha value is -2.16. The van der Waals surface area contributed by atoms with Gasteiger partial charge in [-0.25, -0.2) is 4.98 Å². The average Bonchev–Trinajstić information content (AvgIpc) is 3.06. The smallest absolute Gasteiger partial charge is 0.238 e. The molecular weight excluding hydrogens is 395 g/mol. The molecule has 134 valence electrons. The molecule has 0 spiro atoms. The molecule has 2 aromatic heterocycles. The number of pyridine rings is 1. The maximum atomic E-state index is 12.4. The molecule has 1 aromatic carbocycles. The van der Waals surface area contributed by atoms with Gasteiger partial charge in [0.25, 0.3) is 0 Å². The topological polar surface area (TPSA) is 85.6 Å². The fourth-order valence-electron chi connectivity index (χ4n) is 2.04.